The third kappa shape index (κ3) is 4.99. The van der Waals surface area contributed by atoms with Crippen LogP contribution in [0, 0.1) is 0 Å². The molecule has 0 fully saturated rings. The summed E-state index contributed by atoms with van der Waals surface area (Å²) in [7, 11) is -0.508. The molecule has 0 radical (unpaired) electrons. The SMILES string of the molecule is C[SiH](C)C=CCNCc1ccccc1. The number of rotatable bonds is 5. The summed E-state index contributed by atoms with van der Waals surface area (Å²) in [6.07, 6.45) is 2.25. The van der Waals surface area contributed by atoms with Crippen molar-refractivity contribution in [3.63, 3.8) is 0 Å². The maximum atomic E-state index is 3.39. The maximum Gasteiger partial charge on any atom is 0.0550 e. The van der Waals surface area contributed by atoms with Crippen molar-refractivity contribution in [3.8, 4) is 0 Å². The van der Waals surface area contributed by atoms with Crippen LogP contribution in [-0.4, -0.2) is 15.3 Å². The Morgan fingerprint density at radius 1 is 1.21 bits per heavy atom. The molecule has 0 amide bonds. The first-order valence-corrected chi connectivity index (χ1v) is 8.18. The molecule has 1 aromatic carbocycles. The summed E-state index contributed by atoms with van der Waals surface area (Å²) in [4.78, 5) is 0. The van der Waals surface area contributed by atoms with Crippen LogP contribution in [0.4, 0.5) is 0 Å². The molecule has 0 bridgehead atoms. The first-order chi connectivity index (χ1) is 6.79. The summed E-state index contributed by atoms with van der Waals surface area (Å²) in [6, 6.07) is 10.5. The van der Waals surface area contributed by atoms with Gasteiger partial charge in [-0.3, -0.25) is 0 Å². The van der Waals surface area contributed by atoms with Crippen molar-refractivity contribution in [2.45, 2.75) is 19.6 Å². The first-order valence-electron chi connectivity index (χ1n) is 5.20. The fourth-order valence-corrected chi connectivity index (χ4v) is 1.92. The molecule has 1 rings (SSSR count). The molecule has 0 aliphatic heterocycles. The molecule has 1 nitrogen and oxygen atoms in total. The summed E-state index contributed by atoms with van der Waals surface area (Å²) in [5.41, 5.74) is 3.71. The van der Waals surface area contributed by atoms with Crippen molar-refractivity contribution in [2.24, 2.45) is 0 Å². The van der Waals surface area contributed by atoms with Crippen LogP contribution in [-0.2, 0) is 6.54 Å². The molecule has 14 heavy (non-hydrogen) atoms. The normalized spacial score (nSPS) is 11.4. The molecule has 76 valence electrons. The third-order valence-corrected chi connectivity index (χ3v) is 3.00. The van der Waals surface area contributed by atoms with Crippen LogP contribution in [0.15, 0.2) is 42.1 Å². The maximum absolute atomic E-state index is 3.39. The van der Waals surface area contributed by atoms with E-state index in [-0.39, 0.29) is 0 Å². The van der Waals surface area contributed by atoms with E-state index in [9.17, 15) is 0 Å². The second-order valence-corrected chi connectivity index (χ2v) is 6.66. The van der Waals surface area contributed by atoms with Gasteiger partial charge in [0.1, 0.15) is 0 Å². The molecule has 0 unspecified atom stereocenters. The van der Waals surface area contributed by atoms with Crippen molar-refractivity contribution in [3.05, 3.63) is 47.7 Å². The Labute approximate surface area is 88.5 Å². The number of hydrogen-bond acceptors (Lipinski definition) is 1. The van der Waals surface area contributed by atoms with Crippen LogP contribution in [0.3, 0.4) is 0 Å². The van der Waals surface area contributed by atoms with Gasteiger partial charge in [0, 0.05) is 13.1 Å². The highest BCUT2D eigenvalue weighted by Crippen LogP contribution is 1.96. The van der Waals surface area contributed by atoms with Gasteiger partial charge in [-0.05, 0) is 5.56 Å². The monoisotopic (exact) mass is 205 g/mol. The van der Waals surface area contributed by atoms with Crippen molar-refractivity contribution < 1.29 is 0 Å². The molecule has 0 spiro atoms. The Bertz CT molecular complexity index is 267. The van der Waals surface area contributed by atoms with E-state index in [1.165, 1.54) is 5.56 Å². The van der Waals surface area contributed by atoms with E-state index in [1.54, 1.807) is 0 Å². The lowest BCUT2D eigenvalue weighted by Gasteiger charge is -2.01. The van der Waals surface area contributed by atoms with Gasteiger partial charge in [0.15, 0.2) is 0 Å². The lowest BCUT2D eigenvalue weighted by atomic mass is 10.2. The van der Waals surface area contributed by atoms with E-state index in [4.69, 9.17) is 0 Å². The summed E-state index contributed by atoms with van der Waals surface area (Å²) in [5, 5.41) is 3.39. The molecule has 0 saturated carbocycles. The highest BCUT2D eigenvalue weighted by molar-refractivity contribution is 6.61. The van der Waals surface area contributed by atoms with E-state index < -0.39 is 8.80 Å². The van der Waals surface area contributed by atoms with Crippen molar-refractivity contribution in [1.82, 2.24) is 5.32 Å². The fourth-order valence-electron chi connectivity index (χ4n) is 1.24. The highest BCUT2D eigenvalue weighted by atomic mass is 28.3. The van der Waals surface area contributed by atoms with Crippen LogP contribution in [0.2, 0.25) is 13.1 Å². The van der Waals surface area contributed by atoms with Gasteiger partial charge in [-0.2, -0.15) is 0 Å². The van der Waals surface area contributed by atoms with Crippen molar-refractivity contribution in [2.75, 3.05) is 6.54 Å². The van der Waals surface area contributed by atoms with Gasteiger partial charge >= 0.3 is 0 Å². The third-order valence-electron chi connectivity index (χ3n) is 1.96. The number of benzene rings is 1. The quantitative estimate of drug-likeness (QED) is 0.575. The summed E-state index contributed by atoms with van der Waals surface area (Å²) >= 11 is 0. The molecule has 0 aliphatic carbocycles. The van der Waals surface area contributed by atoms with Crippen LogP contribution < -0.4 is 5.32 Å². The van der Waals surface area contributed by atoms with Gasteiger partial charge in [-0.1, -0.05) is 49.5 Å². The van der Waals surface area contributed by atoms with Gasteiger partial charge in [-0.15, -0.1) is 5.70 Å². The average molecular weight is 205 g/mol. The van der Waals surface area contributed by atoms with E-state index in [0.717, 1.165) is 13.1 Å². The van der Waals surface area contributed by atoms with Crippen molar-refractivity contribution in [1.29, 1.82) is 0 Å². The van der Waals surface area contributed by atoms with Gasteiger partial charge in [0.05, 0.1) is 8.80 Å². The zero-order chi connectivity index (χ0) is 10.2. The molecule has 0 aliphatic rings. The first kappa shape index (κ1) is 11.2. The number of nitrogens with one attached hydrogen (secondary N) is 1. The molecule has 0 aromatic heterocycles. The van der Waals surface area contributed by atoms with Gasteiger partial charge in [-0.25, -0.2) is 0 Å². The smallest absolute Gasteiger partial charge is 0.0550 e. The molecule has 2 heteroatoms. The Morgan fingerprint density at radius 2 is 1.93 bits per heavy atom. The Kier molecular flexibility index (Phi) is 5.26. The topological polar surface area (TPSA) is 12.0 Å². The van der Waals surface area contributed by atoms with E-state index in [2.05, 4.69) is 54.5 Å². The molecule has 0 atom stereocenters. The van der Waals surface area contributed by atoms with E-state index in [1.807, 2.05) is 6.07 Å². The van der Waals surface area contributed by atoms with Crippen molar-refractivity contribution >= 4 is 8.80 Å². The second-order valence-electron chi connectivity index (χ2n) is 3.79. The minimum Gasteiger partial charge on any atom is -0.309 e. The predicted molar refractivity (Wildman–Crippen MR) is 66.2 cm³/mol. The Morgan fingerprint density at radius 3 is 2.57 bits per heavy atom. The standard InChI is InChI=1S/C12H19NSi/c1-14(2)10-6-9-13-11-12-7-4-3-5-8-12/h3-8,10,13-14H,9,11H2,1-2H3. The minimum absolute atomic E-state index is 0.508. The van der Waals surface area contributed by atoms with Gasteiger partial charge in [0.2, 0.25) is 0 Å². The van der Waals surface area contributed by atoms with Crippen LogP contribution in [0.5, 0.6) is 0 Å². The zero-order valence-corrected chi connectivity index (χ0v) is 10.2. The molecular formula is C12H19NSi. The van der Waals surface area contributed by atoms with Gasteiger partial charge in [0.25, 0.3) is 0 Å². The molecular weight excluding hydrogens is 186 g/mol. The summed E-state index contributed by atoms with van der Waals surface area (Å²) in [5.74, 6) is 0. The fraction of sp³-hybridized carbons (Fsp3) is 0.333. The van der Waals surface area contributed by atoms with Crippen LogP contribution in [0.1, 0.15) is 5.56 Å². The van der Waals surface area contributed by atoms with Crippen LogP contribution >= 0.6 is 0 Å². The van der Waals surface area contributed by atoms with E-state index >= 15 is 0 Å². The largest absolute Gasteiger partial charge is 0.309 e. The second kappa shape index (κ2) is 6.57. The van der Waals surface area contributed by atoms with Crippen LogP contribution in [0.25, 0.3) is 0 Å². The van der Waals surface area contributed by atoms with E-state index in [0.29, 0.717) is 0 Å². The summed E-state index contributed by atoms with van der Waals surface area (Å²) < 4.78 is 0. The number of hydrogen-bond donors (Lipinski definition) is 1. The predicted octanol–water partition coefficient (Wildman–Crippen LogP) is 2.36. The average Bonchev–Trinajstić information content (AvgIpc) is 2.18. The Hall–Kier alpha value is -0.863. The molecule has 0 heterocycles. The highest BCUT2D eigenvalue weighted by Gasteiger charge is 1.88. The lowest BCUT2D eigenvalue weighted by molar-refractivity contribution is 0.760. The Balaban J connectivity index is 2.16. The minimum atomic E-state index is -0.508. The zero-order valence-electron chi connectivity index (χ0n) is 9.03. The lowest BCUT2D eigenvalue weighted by Crippen LogP contribution is -2.13. The summed E-state index contributed by atoms with van der Waals surface area (Å²) in [6.45, 7) is 6.60. The molecule has 0 saturated heterocycles. The molecule has 1 N–H and O–H groups in total. The van der Waals surface area contributed by atoms with Gasteiger partial charge < -0.3 is 5.32 Å². The molecule has 1 aromatic rings.